The number of halogens is 3. The highest BCUT2D eigenvalue weighted by Gasteiger charge is 2.22. The van der Waals surface area contributed by atoms with Crippen LogP contribution in [0.4, 0.5) is 8.78 Å². The fourth-order valence-corrected chi connectivity index (χ4v) is 4.17. The van der Waals surface area contributed by atoms with Crippen LogP contribution in [0, 0.1) is 17.6 Å². The van der Waals surface area contributed by atoms with E-state index in [9.17, 15) is 17.2 Å². The fraction of sp³-hybridized carbons (Fsp3) is 0.538. The summed E-state index contributed by atoms with van der Waals surface area (Å²) in [7, 11) is -3.97. The van der Waals surface area contributed by atoms with Crippen molar-refractivity contribution in [3.8, 4) is 0 Å². The molecule has 0 amide bonds. The molecule has 114 valence electrons. The van der Waals surface area contributed by atoms with Crippen LogP contribution in [-0.2, 0) is 10.0 Å². The van der Waals surface area contributed by atoms with Gasteiger partial charge in [0.2, 0.25) is 10.0 Å². The molecule has 20 heavy (non-hydrogen) atoms. The lowest BCUT2D eigenvalue weighted by molar-refractivity contribution is 0.470. The second-order valence-electron chi connectivity index (χ2n) is 4.52. The second-order valence-corrected chi connectivity index (χ2v) is 7.43. The third-order valence-electron chi connectivity index (χ3n) is 3.21. The van der Waals surface area contributed by atoms with Gasteiger partial charge in [-0.1, -0.05) is 42.6 Å². The first-order valence-corrected chi connectivity index (χ1v) is 8.80. The van der Waals surface area contributed by atoms with Crippen LogP contribution in [0.1, 0.15) is 26.7 Å². The molecule has 7 heteroatoms. The molecule has 3 nitrogen and oxygen atoms in total. The molecule has 0 radical (unpaired) electrons. The molecule has 0 saturated heterocycles. The fourth-order valence-electron chi connectivity index (χ4n) is 1.93. The van der Waals surface area contributed by atoms with Crippen molar-refractivity contribution in [2.24, 2.45) is 5.92 Å². The number of hydrogen-bond donors (Lipinski definition) is 1. The van der Waals surface area contributed by atoms with E-state index in [0.717, 1.165) is 25.0 Å². The van der Waals surface area contributed by atoms with Crippen LogP contribution in [0.15, 0.2) is 23.1 Å². The Morgan fingerprint density at radius 3 is 2.35 bits per heavy atom. The first kappa shape index (κ1) is 17.5. The van der Waals surface area contributed by atoms with Gasteiger partial charge in [-0.2, -0.15) is 0 Å². The van der Waals surface area contributed by atoms with Crippen molar-refractivity contribution in [2.75, 3.05) is 6.54 Å². The van der Waals surface area contributed by atoms with Crippen molar-refractivity contribution in [3.63, 3.8) is 0 Å². The largest absolute Gasteiger partial charge is 0.243 e. The molecular formula is C13H18BrF2NO2S. The SMILES string of the molecule is CCC(CC)C(Br)CNS(=O)(=O)c1ccc(F)cc1F. The number of alkyl halides is 1. The van der Waals surface area contributed by atoms with E-state index < -0.39 is 26.6 Å². The summed E-state index contributed by atoms with van der Waals surface area (Å²) in [6.45, 7) is 4.21. The number of hydrogen-bond acceptors (Lipinski definition) is 2. The Morgan fingerprint density at radius 1 is 1.25 bits per heavy atom. The minimum absolute atomic E-state index is 0.0317. The summed E-state index contributed by atoms with van der Waals surface area (Å²) in [5, 5.41) is 0. The van der Waals surface area contributed by atoms with Gasteiger partial charge in [-0.05, 0) is 18.1 Å². The molecule has 1 aromatic carbocycles. The van der Waals surface area contributed by atoms with Crippen LogP contribution in [0.25, 0.3) is 0 Å². The molecule has 0 fully saturated rings. The van der Waals surface area contributed by atoms with Crippen LogP contribution in [0.3, 0.4) is 0 Å². The van der Waals surface area contributed by atoms with E-state index in [1.54, 1.807) is 0 Å². The number of rotatable bonds is 7. The van der Waals surface area contributed by atoms with Crippen molar-refractivity contribution in [1.82, 2.24) is 4.72 Å². The zero-order valence-corrected chi connectivity index (χ0v) is 13.8. The summed E-state index contributed by atoms with van der Waals surface area (Å²) in [5.41, 5.74) is 0. The van der Waals surface area contributed by atoms with Crippen molar-refractivity contribution < 1.29 is 17.2 Å². The Balaban J connectivity index is 2.80. The van der Waals surface area contributed by atoms with E-state index in [1.807, 2.05) is 13.8 Å². The smallest absolute Gasteiger partial charge is 0.210 e. The number of nitrogens with one attached hydrogen (secondary N) is 1. The lowest BCUT2D eigenvalue weighted by Crippen LogP contribution is -2.33. The number of sulfonamides is 1. The quantitative estimate of drug-likeness (QED) is 0.748. The molecule has 0 bridgehead atoms. The summed E-state index contributed by atoms with van der Waals surface area (Å²) < 4.78 is 52.6. The molecule has 0 aliphatic rings. The molecule has 0 aliphatic carbocycles. The zero-order valence-electron chi connectivity index (χ0n) is 11.4. The second kappa shape index (κ2) is 7.47. The summed E-state index contributed by atoms with van der Waals surface area (Å²) in [6.07, 6.45) is 1.83. The minimum atomic E-state index is -3.97. The van der Waals surface area contributed by atoms with Gasteiger partial charge in [-0.3, -0.25) is 0 Å². The predicted molar refractivity (Wildman–Crippen MR) is 78.3 cm³/mol. The van der Waals surface area contributed by atoms with Gasteiger partial charge in [0.1, 0.15) is 16.5 Å². The highest BCUT2D eigenvalue weighted by atomic mass is 79.9. The normalized spacial score (nSPS) is 13.7. The van der Waals surface area contributed by atoms with E-state index in [0.29, 0.717) is 12.0 Å². The summed E-state index contributed by atoms with van der Waals surface area (Å²) >= 11 is 3.44. The third-order valence-corrected chi connectivity index (χ3v) is 5.74. The standard InChI is InChI=1S/C13H18BrF2NO2S/c1-3-9(4-2)11(14)8-17-20(18,19)13-6-5-10(15)7-12(13)16/h5-7,9,11,17H,3-4,8H2,1-2H3. The first-order chi connectivity index (χ1) is 9.31. The van der Waals surface area contributed by atoms with Gasteiger partial charge in [-0.25, -0.2) is 21.9 Å². The van der Waals surface area contributed by atoms with Crippen LogP contribution in [0.5, 0.6) is 0 Å². The molecule has 0 aromatic heterocycles. The number of benzene rings is 1. The van der Waals surface area contributed by atoms with Crippen LogP contribution in [0.2, 0.25) is 0 Å². The maximum Gasteiger partial charge on any atom is 0.243 e. The zero-order chi connectivity index (χ0) is 15.3. The van der Waals surface area contributed by atoms with E-state index in [4.69, 9.17) is 0 Å². The lowest BCUT2D eigenvalue weighted by atomic mass is 10.00. The van der Waals surface area contributed by atoms with Crippen molar-refractivity contribution in [3.05, 3.63) is 29.8 Å². The molecule has 1 N–H and O–H groups in total. The van der Waals surface area contributed by atoms with Gasteiger partial charge in [0.25, 0.3) is 0 Å². The molecule has 0 heterocycles. The molecule has 1 rings (SSSR count). The maximum absolute atomic E-state index is 13.5. The Labute approximate surface area is 126 Å². The van der Waals surface area contributed by atoms with Gasteiger partial charge >= 0.3 is 0 Å². The molecule has 0 saturated carbocycles. The topological polar surface area (TPSA) is 46.2 Å². The highest BCUT2D eigenvalue weighted by molar-refractivity contribution is 9.09. The average molecular weight is 370 g/mol. The highest BCUT2D eigenvalue weighted by Crippen LogP contribution is 2.21. The predicted octanol–water partition coefficient (Wildman–Crippen LogP) is 3.44. The van der Waals surface area contributed by atoms with E-state index >= 15 is 0 Å². The van der Waals surface area contributed by atoms with Gasteiger partial charge in [0, 0.05) is 17.4 Å². The minimum Gasteiger partial charge on any atom is -0.210 e. The van der Waals surface area contributed by atoms with E-state index in [1.165, 1.54) is 0 Å². The van der Waals surface area contributed by atoms with Gasteiger partial charge in [0.05, 0.1) is 0 Å². The molecular weight excluding hydrogens is 352 g/mol. The Kier molecular flexibility index (Phi) is 6.54. The van der Waals surface area contributed by atoms with Gasteiger partial charge in [0.15, 0.2) is 0 Å². The van der Waals surface area contributed by atoms with E-state index in [-0.39, 0.29) is 11.4 Å². The first-order valence-electron chi connectivity index (χ1n) is 6.40. The molecule has 1 unspecified atom stereocenters. The molecule has 0 spiro atoms. The summed E-state index contributed by atoms with van der Waals surface area (Å²) in [4.78, 5) is -0.570. The van der Waals surface area contributed by atoms with Gasteiger partial charge < -0.3 is 0 Å². The van der Waals surface area contributed by atoms with Crippen LogP contribution >= 0.6 is 15.9 Å². The van der Waals surface area contributed by atoms with Gasteiger partial charge in [-0.15, -0.1) is 0 Å². The summed E-state index contributed by atoms with van der Waals surface area (Å²) in [6, 6.07) is 2.40. The average Bonchev–Trinajstić information content (AvgIpc) is 2.37. The maximum atomic E-state index is 13.5. The van der Waals surface area contributed by atoms with Crippen molar-refractivity contribution in [1.29, 1.82) is 0 Å². The Hall–Kier alpha value is -0.530. The molecule has 1 atom stereocenters. The monoisotopic (exact) mass is 369 g/mol. The molecule has 1 aromatic rings. The molecule has 0 aliphatic heterocycles. The van der Waals surface area contributed by atoms with Crippen LogP contribution in [-0.4, -0.2) is 19.8 Å². The third kappa shape index (κ3) is 4.49. The summed E-state index contributed by atoms with van der Waals surface area (Å²) in [5.74, 6) is -1.57. The Morgan fingerprint density at radius 2 is 1.85 bits per heavy atom. The van der Waals surface area contributed by atoms with Crippen molar-refractivity contribution >= 4 is 26.0 Å². The Bertz CT molecular complexity index is 547. The van der Waals surface area contributed by atoms with E-state index in [2.05, 4.69) is 20.7 Å². The van der Waals surface area contributed by atoms with Crippen molar-refractivity contribution in [2.45, 2.75) is 36.4 Å². The lowest BCUT2D eigenvalue weighted by Gasteiger charge is -2.20. The van der Waals surface area contributed by atoms with Crippen LogP contribution < -0.4 is 4.72 Å².